The Morgan fingerprint density at radius 3 is 2.75 bits per heavy atom. The number of halogens is 1. The van der Waals surface area contributed by atoms with Crippen molar-refractivity contribution in [3.8, 4) is 0 Å². The van der Waals surface area contributed by atoms with Crippen molar-refractivity contribution in [2.24, 2.45) is 10.7 Å². The minimum Gasteiger partial charge on any atom is -0.400 e. The predicted octanol–water partition coefficient (Wildman–Crippen LogP) is 3.73. The fourth-order valence-electron chi connectivity index (χ4n) is 2.59. The average Bonchev–Trinajstić information content (AvgIpc) is 2.70. The fraction of sp³-hybridized carbons (Fsp3) is 0.167. The summed E-state index contributed by atoms with van der Waals surface area (Å²) in [4.78, 5) is 8.80. The van der Waals surface area contributed by atoms with Gasteiger partial charge in [-0.1, -0.05) is 30.7 Å². The van der Waals surface area contributed by atoms with Gasteiger partial charge in [0.15, 0.2) is 5.84 Å². The van der Waals surface area contributed by atoms with Gasteiger partial charge in [-0.3, -0.25) is 10.4 Å². The molecule has 1 aliphatic rings. The van der Waals surface area contributed by atoms with Gasteiger partial charge in [-0.25, -0.2) is 4.99 Å². The Labute approximate surface area is 145 Å². The Bertz CT molecular complexity index is 879. The van der Waals surface area contributed by atoms with Crippen LogP contribution < -0.4 is 11.1 Å². The van der Waals surface area contributed by atoms with E-state index in [1.165, 1.54) is 5.56 Å². The molecule has 0 saturated carbocycles. The molecule has 0 radical (unpaired) electrons. The summed E-state index contributed by atoms with van der Waals surface area (Å²) in [6, 6.07) is 7.79. The minimum atomic E-state index is 0.166. The van der Waals surface area contributed by atoms with Gasteiger partial charge in [0.05, 0.1) is 10.7 Å². The third kappa shape index (κ3) is 2.90. The highest BCUT2D eigenvalue weighted by atomic mass is 35.5. The lowest BCUT2D eigenvalue weighted by Gasteiger charge is -2.12. The molecule has 3 rings (SSSR count). The molecule has 1 aromatic carbocycles. The molecule has 0 fully saturated rings. The lowest BCUT2D eigenvalue weighted by atomic mass is 9.99. The summed E-state index contributed by atoms with van der Waals surface area (Å²) < 4.78 is 0. The molecule has 122 valence electrons. The Morgan fingerprint density at radius 2 is 2.08 bits per heavy atom. The molecule has 2 aromatic rings. The largest absolute Gasteiger partial charge is 0.400 e. The van der Waals surface area contributed by atoms with Crippen LogP contribution in [0, 0.1) is 5.41 Å². The van der Waals surface area contributed by atoms with Crippen LogP contribution in [0.3, 0.4) is 0 Å². The van der Waals surface area contributed by atoms with Gasteiger partial charge in [-0.05, 0) is 31.0 Å². The number of benzene rings is 1. The van der Waals surface area contributed by atoms with Gasteiger partial charge in [0.1, 0.15) is 5.70 Å². The quantitative estimate of drug-likeness (QED) is 0.779. The third-order valence-electron chi connectivity index (χ3n) is 3.86. The smallest absolute Gasteiger partial charge is 0.150 e. The van der Waals surface area contributed by atoms with E-state index in [4.69, 9.17) is 22.7 Å². The molecule has 0 bridgehead atoms. The van der Waals surface area contributed by atoms with E-state index in [2.05, 4.69) is 22.2 Å². The molecule has 6 heteroatoms. The van der Waals surface area contributed by atoms with E-state index < -0.39 is 0 Å². The number of anilines is 1. The maximum atomic E-state index is 8.28. The molecule has 0 atom stereocenters. The van der Waals surface area contributed by atoms with Crippen LogP contribution in [-0.2, 0) is 6.42 Å². The number of aliphatic imine (C=N–C) groups is 1. The highest BCUT2D eigenvalue weighted by Gasteiger charge is 2.22. The molecule has 0 spiro atoms. The Hall–Kier alpha value is -2.66. The number of fused-ring (bicyclic) bond motifs is 1. The summed E-state index contributed by atoms with van der Waals surface area (Å²) in [7, 11) is 0. The van der Waals surface area contributed by atoms with Crippen LogP contribution in [-0.4, -0.2) is 16.5 Å². The average molecular weight is 340 g/mol. The fourth-order valence-corrected chi connectivity index (χ4v) is 2.78. The first-order valence-electron chi connectivity index (χ1n) is 7.65. The number of pyridine rings is 1. The van der Waals surface area contributed by atoms with E-state index >= 15 is 0 Å². The highest BCUT2D eigenvalue weighted by Crippen LogP contribution is 2.29. The van der Waals surface area contributed by atoms with E-state index in [9.17, 15) is 0 Å². The van der Waals surface area contributed by atoms with Gasteiger partial charge in [0, 0.05) is 34.9 Å². The molecule has 0 unspecified atom stereocenters. The van der Waals surface area contributed by atoms with Gasteiger partial charge in [0.2, 0.25) is 0 Å². The number of hydrogen-bond acceptors (Lipinski definition) is 4. The maximum Gasteiger partial charge on any atom is 0.150 e. The number of aryl methyl sites for hydroxylation is 1. The second-order valence-electron chi connectivity index (χ2n) is 5.58. The third-order valence-corrected chi connectivity index (χ3v) is 4.19. The van der Waals surface area contributed by atoms with E-state index in [0.29, 0.717) is 27.7 Å². The van der Waals surface area contributed by atoms with Gasteiger partial charge in [-0.15, -0.1) is 0 Å². The summed E-state index contributed by atoms with van der Waals surface area (Å²) in [5.41, 5.74) is 11.0. The van der Waals surface area contributed by atoms with E-state index in [0.717, 1.165) is 17.7 Å². The molecule has 4 N–H and O–H groups in total. The number of rotatable bonds is 2. The van der Waals surface area contributed by atoms with Gasteiger partial charge in [-0.2, -0.15) is 0 Å². The Morgan fingerprint density at radius 1 is 1.29 bits per heavy atom. The number of nitrogens with zero attached hydrogens (tertiary/aromatic N) is 2. The Kier molecular flexibility index (Phi) is 4.36. The van der Waals surface area contributed by atoms with Gasteiger partial charge < -0.3 is 11.1 Å². The number of nitrogens with one attached hydrogen (secondary N) is 2. The van der Waals surface area contributed by atoms with Crippen molar-refractivity contribution in [3.63, 3.8) is 0 Å². The minimum absolute atomic E-state index is 0.166. The second-order valence-corrected chi connectivity index (χ2v) is 5.99. The van der Waals surface area contributed by atoms with Crippen molar-refractivity contribution in [1.29, 1.82) is 5.41 Å². The topological polar surface area (TPSA) is 87.2 Å². The highest BCUT2D eigenvalue weighted by molar-refractivity contribution is 6.36. The first-order chi connectivity index (χ1) is 11.5. The van der Waals surface area contributed by atoms with Gasteiger partial charge in [0.25, 0.3) is 0 Å². The van der Waals surface area contributed by atoms with Crippen molar-refractivity contribution in [2.45, 2.75) is 20.3 Å². The summed E-state index contributed by atoms with van der Waals surface area (Å²) in [5, 5.41) is 11.9. The summed E-state index contributed by atoms with van der Waals surface area (Å²) >= 11 is 6.36. The number of allylic oxidation sites excluding steroid dienone is 1. The first kappa shape index (κ1) is 16.2. The van der Waals surface area contributed by atoms with Crippen molar-refractivity contribution in [2.75, 3.05) is 5.32 Å². The number of benzodiazepines with no additional fused rings is 1. The lowest BCUT2D eigenvalue weighted by molar-refractivity contribution is 1.14. The van der Waals surface area contributed by atoms with Crippen LogP contribution in [0.5, 0.6) is 0 Å². The van der Waals surface area contributed by atoms with E-state index in [1.54, 1.807) is 25.4 Å². The predicted molar refractivity (Wildman–Crippen MR) is 98.9 cm³/mol. The van der Waals surface area contributed by atoms with E-state index in [1.807, 2.05) is 18.2 Å². The first-order valence-corrected chi connectivity index (χ1v) is 8.03. The van der Waals surface area contributed by atoms with Crippen molar-refractivity contribution >= 4 is 28.8 Å². The van der Waals surface area contributed by atoms with Crippen LogP contribution in [0.15, 0.2) is 53.0 Å². The molecular weight excluding hydrogens is 322 g/mol. The van der Waals surface area contributed by atoms with Gasteiger partial charge >= 0.3 is 0 Å². The zero-order valence-electron chi connectivity index (χ0n) is 13.5. The van der Waals surface area contributed by atoms with Crippen LogP contribution in [0.1, 0.15) is 30.5 Å². The molecular formula is C18H18ClN5. The zero-order chi connectivity index (χ0) is 17.3. The number of amidine groups is 1. The van der Waals surface area contributed by atoms with Crippen molar-refractivity contribution < 1.29 is 0 Å². The SMILES string of the molecule is CCc1ccc2c(c1)NC(=N)/C(=C(/C)N)N=C2c1cnccc1Cl. The summed E-state index contributed by atoms with van der Waals surface area (Å²) in [6.07, 6.45) is 4.22. The maximum absolute atomic E-state index is 8.28. The van der Waals surface area contributed by atoms with Crippen LogP contribution in [0.25, 0.3) is 0 Å². The van der Waals surface area contributed by atoms with Crippen molar-refractivity contribution in [3.05, 3.63) is 69.8 Å². The molecule has 0 amide bonds. The molecule has 0 aliphatic carbocycles. The molecule has 1 aliphatic heterocycles. The number of nitrogens with two attached hydrogens (primary N) is 1. The van der Waals surface area contributed by atoms with Crippen molar-refractivity contribution in [1.82, 2.24) is 4.98 Å². The zero-order valence-corrected chi connectivity index (χ0v) is 14.3. The van der Waals surface area contributed by atoms with Crippen LogP contribution in [0.4, 0.5) is 5.69 Å². The molecule has 0 saturated heterocycles. The molecule has 1 aromatic heterocycles. The monoisotopic (exact) mass is 339 g/mol. The number of aromatic nitrogens is 1. The van der Waals surface area contributed by atoms with Crippen LogP contribution >= 0.6 is 11.6 Å². The molecule has 2 heterocycles. The normalized spacial score (nSPS) is 16.0. The number of hydrogen-bond donors (Lipinski definition) is 3. The molecule has 5 nitrogen and oxygen atoms in total. The summed E-state index contributed by atoms with van der Waals surface area (Å²) in [5.74, 6) is 0.166. The summed E-state index contributed by atoms with van der Waals surface area (Å²) in [6.45, 7) is 3.82. The second kappa shape index (κ2) is 6.45. The van der Waals surface area contributed by atoms with Crippen LogP contribution in [0.2, 0.25) is 5.02 Å². The molecule has 24 heavy (non-hydrogen) atoms. The standard InChI is InChI=1S/C18H18ClN5/c1-3-11-4-5-12-15(8-11)23-18(21)16(10(2)20)24-17(12)13-9-22-7-6-14(13)19/h4-9H,3,20H2,1-2H3,(H2,21,23)/b16-10+. The lowest BCUT2D eigenvalue weighted by Crippen LogP contribution is -2.15. The van der Waals surface area contributed by atoms with E-state index in [-0.39, 0.29) is 5.84 Å². The Balaban J connectivity index is 2.30.